The molecule has 1 saturated heterocycles. The van der Waals surface area contributed by atoms with Gasteiger partial charge in [-0.1, -0.05) is 0 Å². The number of anilines is 2. The van der Waals surface area contributed by atoms with Crippen LogP contribution in [0.3, 0.4) is 0 Å². The van der Waals surface area contributed by atoms with Crippen molar-refractivity contribution in [3.63, 3.8) is 0 Å². The maximum absolute atomic E-state index is 13.9. The SMILES string of the molecule is Cc1cnc2[nH]c(-c3ccc(OC4CCN(C)C4)cc3)cc2c1Nc1ccc(F)cc1P(C)(C)=O. The molecule has 35 heavy (non-hydrogen) atoms. The van der Waals surface area contributed by atoms with Crippen LogP contribution in [-0.2, 0) is 4.57 Å². The van der Waals surface area contributed by atoms with Crippen molar-refractivity contribution < 1.29 is 13.7 Å². The Morgan fingerprint density at radius 2 is 1.94 bits per heavy atom. The van der Waals surface area contributed by atoms with Crippen molar-refractivity contribution in [3.8, 4) is 17.0 Å². The number of nitrogens with zero attached hydrogens (tertiary/aromatic N) is 2. The third-order valence-corrected chi connectivity index (χ3v) is 7.99. The first-order chi connectivity index (χ1) is 16.7. The van der Waals surface area contributed by atoms with Gasteiger partial charge in [0.1, 0.15) is 30.5 Å². The number of benzene rings is 2. The summed E-state index contributed by atoms with van der Waals surface area (Å²) in [7, 11) is -0.585. The first-order valence-corrected chi connectivity index (χ1v) is 14.3. The van der Waals surface area contributed by atoms with Crippen LogP contribution >= 0.6 is 7.14 Å². The summed E-state index contributed by atoms with van der Waals surface area (Å²) in [5.74, 6) is 0.469. The number of H-pyrrole nitrogens is 1. The van der Waals surface area contributed by atoms with Crippen LogP contribution in [0.4, 0.5) is 15.8 Å². The number of fused-ring (bicyclic) bond motifs is 1. The Bertz CT molecular complexity index is 1430. The number of hydrogen-bond acceptors (Lipinski definition) is 5. The molecule has 1 aliphatic rings. The molecule has 1 atom stereocenters. The van der Waals surface area contributed by atoms with Crippen LogP contribution in [0.2, 0.25) is 0 Å². The van der Waals surface area contributed by atoms with Gasteiger partial charge in [0.15, 0.2) is 0 Å². The smallest absolute Gasteiger partial charge is 0.139 e. The molecule has 0 aliphatic carbocycles. The summed E-state index contributed by atoms with van der Waals surface area (Å²) in [6, 6.07) is 14.5. The van der Waals surface area contributed by atoms with E-state index in [2.05, 4.69) is 33.3 Å². The van der Waals surface area contributed by atoms with Crippen molar-refractivity contribution in [1.82, 2.24) is 14.9 Å². The van der Waals surface area contributed by atoms with Gasteiger partial charge in [0, 0.05) is 41.4 Å². The second-order valence-corrected chi connectivity index (χ2v) is 12.9. The van der Waals surface area contributed by atoms with E-state index in [0.29, 0.717) is 11.0 Å². The number of likely N-dealkylation sites (N-methyl/N-ethyl adjacent to an activating group) is 1. The summed E-state index contributed by atoms with van der Waals surface area (Å²) in [5.41, 5.74) is 5.12. The second-order valence-electron chi connectivity index (χ2n) is 9.71. The molecule has 0 saturated carbocycles. The summed E-state index contributed by atoms with van der Waals surface area (Å²) in [4.78, 5) is 10.2. The van der Waals surface area contributed by atoms with E-state index in [4.69, 9.17) is 4.74 Å². The number of pyridine rings is 1. The van der Waals surface area contributed by atoms with Crippen LogP contribution in [0, 0.1) is 12.7 Å². The van der Waals surface area contributed by atoms with E-state index >= 15 is 0 Å². The van der Waals surface area contributed by atoms with Crippen LogP contribution in [0.1, 0.15) is 12.0 Å². The monoisotopic (exact) mass is 492 g/mol. The van der Waals surface area contributed by atoms with Gasteiger partial charge < -0.3 is 24.5 Å². The second kappa shape index (κ2) is 9.14. The Balaban J connectivity index is 1.46. The molecule has 182 valence electrons. The molecule has 4 aromatic rings. The van der Waals surface area contributed by atoms with Crippen LogP contribution in [-0.4, -0.2) is 54.4 Å². The molecule has 0 radical (unpaired) electrons. The van der Waals surface area contributed by atoms with Gasteiger partial charge in [-0.2, -0.15) is 0 Å². The van der Waals surface area contributed by atoms with Crippen LogP contribution < -0.4 is 15.4 Å². The average Bonchev–Trinajstić information content (AvgIpc) is 3.42. The number of ether oxygens (including phenoxy) is 1. The van der Waals surface area contributed by atoms with E-state index in [9.17, 15) is 8.96 Å². The van der Waals surface area contributed by atoms with Gasteiger partial charge in [-0.15, -0.1) is 0 Å². The molecule has 3 heterocycles. The lowest BCUT2D eigenvalue weighted by Crippen LogP contribution is -2.21. The van der Waals surface area contributed by atoms with E-state index in [1.807, 2.05) is 31.2 Å². The first-order valence-electron chi connectivity index (χ1n) is 11.7. The quantitative estimate of drug-likeness (QED) is 0.335. The zero-order chi connectivity index (χ0) is 24.7. The van der Waals surface area contributed by atoms with Crippen molar-refractivity contribution >= 4 is 34.9 Å². The Morgan fingerprint density at radius 1 is 1.17 bits per heavy atom. The number of nitrogens with one attached hydrogen (secondary N) is 2. The first kappa shape index (κ1) is 23.6. The lowest BCUT2D eigenvalue weighted by atomic mass is 10.1. The van der Waals surface area contributed by atoms with Crippen molar-refractivity contribution in [3.05, 3.63) is 66.1 Å². The number of hydrogen-bond donors (Lipinski definition) is 2. The summed E-state index contributed by atoms with van der Waals surface area (Å²) in [6.45, 7) is 7.28. The average molecular weight is 493 g/mol. The number of aromatic amines is 1. The van der Waals surface area contributed by atoms with Crippen LogP contribution in [0.25, 0.3) is 22.3 Å². The maximum Gasteiger partial charge on any atom is 0.139 e. The predicted molar refractivity (Wildman–Crippen MR) is 142 cm³/mol. The Labute approximate surface area is 204 Å². The third kappa shape index (κ3) is 4.97. The van der Waals surface area contributed by atoms with Crippen LogP contribution in [0.15, 0.2) is 54.7 Å². The number of likely N-dealkylation sites (tertiary alicyclic amines) is 1. The predicted octanol–water partition coefficient (Wildman–Crippen LogP) is 5.75. The number of halogens is 1. The molecule has 0 amide bonds. The molecule has 5 rings (SSSR count). The minimum absolute atomic E-state index is 0.234. The highest BCUT2D eigenvalue weighted by molar-refractivity contribution is 7.70. The highest BCUT2D eigenvalue weighted by Crippen LogP contribution is 2.40. The molecular formula is C27H30FN4O2P. The van der Waals surface area contributed by atoms with Gasteiger partial charge in [0.25, 0.3) is 0 Å². The molecule has 2 aromatic carbocycles. The van der Waals surface area contributed by atoms with Gasteiger partial charge in [0.2, 0.25) is 0 Å². The molecule has 1 unspecified atom stereocenters. The standard InChI is InChI=1S/C27H30FN4O2P/c1-17-15-29-27-22(26(17)30-23-10-7-19(28)13-25(23)35(3,4)33)14-24(31-27)18-5-8-20(9-6-18)34-21-11-12-32(2)16-21/h5-10,13-15,21H,11-12,16H2,1-4H3,(H2,29,30,31). The molecule has 8 heteroatoms. The number of aromatic nitrogens is 2. The summed E-state index contributed by atoms with van der Waals surface area (Å²) < 4.78 is 32.9. The van der Waals surface area contributed by atoms with E-state index < -0.39 is 13.0 Å². The van der Waals surface area contributed by atoms with Crippen molar-refractivity contribution in [2.24, 2.45) is 0 Å². The molecule has 2 aromatic heterocycles. The molecule has 0 spiro atoms. The molecule has 6 nitrogen and oxygen atoms in total. The van der Waals surface area contributed by atoms with Crippen molar-refractivity contribution in [2.75, 3.05) is 38.8 Å². The maximum atomic E-state index is 13.9. The van der Waals surface area contributed by atoms with E-state index in [-0.39, 0.29) is 6.10 Å². The van der Waals surface area contributed by atoms with Gasteiger partial charge in [-0.05, 0) is 93.4 Å². The van der Waals surface area contributed by atoms with Gasteiger partial charge >= 0.3 is 0 Å². The minimum atomic E-state index is -2.70. The van der Waals surface area contributed by atoms with E-state index in [0.717, 1.165) is 58.8 Å². The molecule has 1 fully saturated rings. The molecular weight excluding hydrogens is 462 g/mol. The van der Waals surface area contributed by atoms with Gasteiger partial charge in [-0.3, -0.25) is 0 Å². The zero-order valence-corrected chi connectivity index (χ0v) is 21.3. The highest BCUT2D eigenvalue weighted by atomic mass is 31.2. The Hall–Kier alpha value is -3.15. The topological polar surface area (TPSA) is 70.2 Å². The Kier molecular flexibility index (Phi) is 6.16. The largest absolute Gasteiger partial charge is 0.489 e. The van der Waals surface area contributed by atoms with E-state index in [1.165, 1.54) is 12.1 Å². The fourth-order valence-electron chi connectivity index (χ4n) is 4.58. The summed E-state index contributed by atoms with van der Waals surface area (Å²) in [6.07, 6.45) is 3.07. The molecule has 0 bridgehead atoms. The number of rotatable bonds is 6. The summed E-state index contributed by atoms with van der Waals surface area (Å²) in [5, 5.41) is 4.81. The normalized spacial score (nSPS) is 16.7. The van der Waals surface area contributed by atoms with Crippen LogP contribution in [0.5, 0.6) is 5.75 Å². The van der Waals surface area contributed by atoms with Gasteiger partial charge in [0.05, 0.1) is 5.69 Å². The van der Waals surface area contributed by atoms with E-state index in [1.54, 1.807) is 25.6 Å². The summed E-state index contributed by atoms with van der Waals surface area (Å²) >= 11 is 0. The fourth-order valence-corrected chi connectivity index (χ4v) is 5.73. The van der Waals surface area contributed by atoms with Gasteiger partial charge in [-0.25, -0.2) is 9.37 Å². The third-order valence-electron chi connectivity index (χ3n) is 6.46. The molecule has 1 aliphatic heterocycles. The lowest BCUT2D eigenvalue weighted by Gasteiger charge is -2.17. The van der Waals surface area contributed by atoms with Crippen molar-refractivity contribution in [1.29, 1.82) is 0 Å². The number of aryl methyl sites for hydroxylation is 1. The fraction of sp³-hybridized carbons (Fsp3) is 0.296. The lowest BCUT2D eigenvalue weighted by molar-refractivity contribution is 0.208. The zero-order valence-electron chi connectivity index (χ0n) is 20.4. The minimum Gasteiger partial charge on any atom is -0.489 e. The Morgan fingerprint density at radius 3 is 2.63 bits per heavy atom. The van der Waals surface area contributed by atoms with Crippen molar-refractivity contribution in [2.45, 2.75) is 19.4 Å². The highest BCUT2D eigenvalue weighted by Gasteiger charge is 2.21. The molecule has 2 N–H and O–H groups in total.